The number of carbonyl (C=O) groups is 2. The third-order valence-electron chi connectivity index (χ3n) is 3.41. The van der Waals surface area contributed by atoms with Crippen LogP contribution in [0.4, 0.5) is 5.13 Å². The van der Waals surface area contributed by atoms with Gasteiger partial charge in [-0.2, -0.15) is 0 Å². The molecule has 5 nitrogen and oxygen atoms in total. The first kappa shape index (κ1) is 15.0. The highest BCUT2D eigenvalue weighted by atomic mass is 32.1. The fourth-order valence-corrected chi connectivity index (χ4v) is 2.87. The van der Waals surface area contributed by atoms with E-state index in [0.29, 0.717) is 24.0 Å². The van der Waals surface area contributed by atoms with Crippen LogP contribution < -0.4 is 5.32 Å². The highest BCUT2D eigenvalue weighted by Crippen LogP contribution is 2.22. The van der Waals surface area contributed by atoms with Crippen LogP contribution in [0.15, 0.2) is 6.20 Å². The molecule has 1 saturated heterocycles. The molecule has 2 amide bonds. The van der Waals surface area contributed by atoms with Crippen LogP contribution in [0.1, 0.15) is 31.6 Å². The number of likely N-dealkylation sites (tertiary alicyclic amines) is 1. The molecule has 1 atom stereocenters. The molecule has 110 valence electrons. The van der Waals surface area contributed by atoms with Gasteiger partial charge in [0.1, 0.15) is 0 Å². The van der Waals surface area contributed by atoms with E-state index in [1.165, 1.54) is 11.3 Å². The van der Waals surface area contributed by atoms with Crippen molar-refractivity contribution in [1.82, 2.24) is 9.88 Å². The Bertz CT molecular complexity index is 498. The van der Waals surface area contributed by atoms with Crippen molar-refractivity contribution in [3.63, 3.8) is 0 Å². The maximum absolute atomic E-state index is 12.1. The van der Waals surface area contributed by atoms with Crippen LogP contribution in [0.25, 0.3) is 0 Å². The maximum Gasteiger partial charge on any atom is 0.231 e. The van der Waals surface area contributed by atoms with Gasteiger partial charge in [0.25, 0.3) is 0 Å². The predicted octanol–water partition coefficient (Wildman–Crippen LogP) is 2.28. The summed E-state index contributed by atoms with van der Waals surface area (Å²) >= 11 is 1.45. The van der Waals surface area contributed by atoms with Gasteiger partial charge in [0.05, 0.1) is 5.92 Å². The minimum atomic E-state index is -0.251. The number of nitrogens with one attached hydrogen (secondary N) is 1. The van der Waals surface area contributed by atoms with Gasteiger partial charge in [-0.15, -0.1) is 11.3 Å². The highest BCUT2D eigenvalue weighted by molar-refractivity contribution is 7.15. The molecule has 0 spiro atoms. The molecule has 0 bridgehead atoms. The molecule has 1 aromatic heterocycles. The Labute approximate surface area is 123 Å². The van der Waals surface area contributed by atoms with E-state index in [4.69, 9.17) is 0 Å². The van der Waals surface area contributed by atoms with Crippen LogP contribution in [0, 0.1) is 18.8 Å². The first-order valence-electron chi connectivity index (χ1n) is 6.96. The number of hydrogen-bond acceptors (Lipinski definition) is 4. The second kappa shape index (κ2) is 6.35. The Hall–Kier alpha value is -1.43. The van der Waals surface area contributed by atoms with Crippen molar-refractivity contribution in [2.75, 3.05) is 18.4 Å². The average Bonchev–Trinajstić information content (AvgIpc) is 2.93. The van der Waals surface area contributed by atoms with Crippen LogP contribution in [0.3, 0.4) is 0 Å². The lowest BCUT2D eigenvalue weighted by Crippen LogP contribution is -2.29. The van der Waals surface area contributed by atoms with Crippen molar-refractivity contribution in [2.24, 2.45) is 11.8 Å². The quantitative estimate of drug-likeness (QED) is 0.906. The summed E-state index contributed by atoms with van der Waals surface area (Å²) in [6, 6.07) is 0. The van der Waals surface area contributed by atoms with Crippen molar-refractivity contribution >= 4 is 28.3 Å². The topological polar surface area (TPSA) is 62.3 Å². The van der Waals surface area contributed by atoms with E-state index in [1.54, 1.807) is 11.1 Å². The molecule has 0 aliphatic carbocycles. The fraction of sp³-hybridized carbons (Fsp3) is 0.643. The van der Waals surface area contributed by atoms with Gasteiger partial charge in [-0.3, -0.25) is 9.59 Å². The third-order valence-corrected chi connectivity index (χ3v) is 4.24. The van der Waals surface area contributed by atoms with E-state index in [9.17, 15) is 9.59 Å². The third kappa shape index (κ3) is 3.79. The summed E-state index contributed by atoms with van der Waals surface area (Å²) in [7, 11) is 0. The zero-order valence-electron chi connectivity index (χ0n) is 12.2. The Morgan fingerprint density at radius 2 is 2.35 bits per heavy atom. The van der Waals surface area contributed by atoms with Crippen LogP contribution in [-0.2, 0) is 9.59 Å². The van der Waals surface area contributed by atoms with E-state index in [-0.39, 0.29) is 17.7 Å². The molecule has 1 aliphatic heterocycles. The van der Waals surface area contributed by atoms with Gasteiger partial charge in [-0.1, -0.05) is 13.8 Å². The number of aromatic nitrogens is 1. The molecule has 1 N–H and O–H groups in total. The summed E-state index contributed by atoms with van der Waals surface area (Å²) < 4.78 is 0. The largest absolute Gasteiger partial charge is 0.342 e. The van der Waals surface area contributed by atoms with Gasteiger partial charge in [0.15, 0.2) is 5.13 Å². The maximum atomic E-state index is 12.1. The summed E-state index contributed by atoms with van der Waals surface area (Å²) in [5.41, 5.74) is 0. The smallest absolute Gasteiger partial charge is 0.231 e. The van der Waals surface area contributed by atoms with Gasteiger partial charge >= 0.3 is 0 Å². The van der Waals surface area contributed by atoms with Crippen LogP contribution in [0.5, 0.6) is 0 Å². The molecular formula is C14H21N3O2S. The van der Waals surface area contributed by atoms with E-state index < -0.39 is 0 Å². The molecule has 0 aromatic carbocycles. The summed E-state index contributed by atoms with van der Waals surface area (Å²) in [5, 5.41) is 3.41. The van der Waals surface area contributed by atoms with Crippen LogP contribution >= 0.6 is 11.3 Å². The van der Waals surface area contributed by atoms with Gasteiger partial charge in [-0.25, -0.2) is 4.98 Å². The van der Waals surface area contributed by atoms with Crippen molar-refractivity contribution in [3.8, 4) is 0 Å². The van der Waals surface area contributed by atoms with Crippen molar-refractivity contribution < 1.29 is 9.59 Å². The molecule has 1 aromatic rings. The molecule has 0 radical (unpaired) electrons. The summed E-state index contributed by atoms with van der Waals surface area (Å²) in [5.74, 6) is 0.300. The number of aryl methyl sites for hydroxylation is 1. The molecular weight excluding hydrogens is 274 g/mol. The molecule has 2 rings (SSSR count). The van der Waals surface area contributed by atoms with E-state index in [0.717, 1.165) is 17.8 Å². The SMILES string of the molecule is Cc1cnc(NC(=O)[C@H]2CC(=O)N(CCC(C)C)C2)s1. The monoisotopic (exact) mass is 295 g/mol. The molecule has 1 fully saturated rings. The van der Waals surface area contributed by atoms with Crippen molar-refractivity contribution in [1.29, 1.82) is 0 Å². The number of carbonyl (C=O) groups excluding carboxylic acids is 2. The van der Waals surface area contributed by atoms with Gasteiger partial charge in [0.2, 0.25) is 11.8 Å². The minimum Gasteiger partial charge on any atom is -0.342 e. The van der Waals surface area contributed by atoms with Crippen molar-refractivity contribution in [2.45, 2.75) is 33.6 Å². The second-order valence-corrected chi connectivity index (χ2v) is 6.92. The number of nitrogens with zero attached hydrogens (tertiary/aromatic N) is 2. The second-order valence-electron chi connectivity index (χ2n) is 5.69. The number of thiazole rings is 1. The zero-order valence-corrected chi connectivity index (χ0v) is 13.0. The molecule has 20 heavy (non-hydrogen) atoms. The van der Waals surface area contributed by atoms with E-state index >= 15 is 0 Å². The van der Waals surface area contributed by atoms with Gasteiger partial charge in [-0.05, 0) is 19.3 Å². The lowest BCUT2D eigenvalue weighted by Gasteiger charge is -2.17. The molecule has 0 saturated carbocycles. The first-order chi connectivity index (χ1) is 9.45. The minimum absolute atomic E-state index is 0.0844. The fourth-order valence-electron chi connectivity index (χ4n) is 2.20. The Morgan fingerprint density at radius 1 is 1.60 bits per heavy atom. The number of hydrogen-bond donors (Lipinski definition) is 1. The number of rotatable bonds is 5. The first-order valence-corrected chi connectivity index (χ1v) is 7.78. The van der Waals surface area contributed by atoms with E-state index in [1.807, 2.05) is 6.92 Å². The van der Waals surface area contributed by atoms with Gasteiger partial charge in [0, 0.05) is 30.6 Å². The zero-order chi connectivity index (χ0) is 14.7. The normalized spacial score (nSPS) is 18.9. The summed E-state index contributed by atoms with van der Waals surface area (Å²) in [6.45, 7) is 7.49. The Morgan fingerprint density at radius 3 is 2.95 bits per heavy atom. The standard InChI is InChI=1S/C14H21N3O2S/c1-9(2)4-5-17-8-11(6-12(17)18)13(19)16-14-15-7-10(3)20-14/h7,9,11H,4-6,8H2,1-3H3,(H,15,16,19)/t11-/m0/s1. The number of anilines is 1. The average molecular weight is 295 g/mol. The summed E-state index contributed by atoms with van der Waals surface area (Å²) in [6.07, 6.45) is 3.02. The molecule has 6 heteroatoms. The molecule has 1 aliphatic rings. The van der Waals surface area contributed by atoms with Crippen molar-refractivity contribution in [3.05, 3.63) is 11.1 Å². The predicted molar refractivity (Wildman–Crippen MR) is 79.6 cm³/mol. The Kier molecular flexibility index (Phi) is 4.75. The lowest BCUT2D eigenvalue weighted by atomic mass is 10.1. The van der Waals surface area contributed by atoms with Crippen LogP contribution in [-0.4, -0.2) is 34.8 Å². The summed E-state index contributed by atoms with van der Waals surface area (Å²) in [4.78, 5) is 31.0. The lowest BCUT2D eigenvalue weighted by molar-refractivity contribution is -0.128. The van der Waals surface area contributed by atoms with E-state index in [2.05, 4.69) is 24.1 Å². The molecule has 2 heterocycles. The van der Waals surface area contributed by atoms with Crippen LogP contribution in [0.2, 0.25) is 0 Å². The molecule has 0 unspecified atom stereocenters. The highest BCUT2D eigenvalue weighted by Gasteiger charge is 2.34. The number of amides is 2. The Balaban J connectivity index is 1.87. The van der Waals surface area contributed by atoms with Gasteiger partial charge < -0.3 is 10.2 Å².